The van der Waals surface area contributed by atoms with E-state index in [1.807, 2.05) is 0 Å². The van der Waals surface area contributed by atoms with Gasteiger partial charge in [0, 0.05) is 23.4 Å². The van der Waals surface area contributed by atoms with Crippen molar-refractivity contribution in [1.82, 2.24) is 0 Å². The molecule has 1 aromatic rings. The largest absolute Gasteiger partial charge is 0.0978 e. The number of benzene rings is 1. The lowest BCUT2D eigenvalue weighted by Gasteiger charge is -2.42. The minimum absolute atomic E-state index is 0.208. The van der Waals surface area contributed by atoms with E-state index in [2.05, 4.69) is 68.6 Å². The molecule has 0 amide bonds. The van der Waals surface area contributed by atoms with Crippen molar-refractivity contribution in [2.75, 3.05) is 6.54 Å². The maximum absolute atomic E-state index is 8.28. The molecule has 2 rings (SSSR count). The van der Waals surface area contributed by atoms with Gasteiger partial charge >= 0.3 is 0 Å². The first-order valence-electron chi connectivity index (χ1n) is 7.93. The minimum Gasteiger partial charge on any atom is -0.0978 e. The fraction of sp³-hybridized carbons (Fsp3) is 0.579. The van der Waals surface area contributed by atoms with Gasteiger partial charge in [-0.2, -0.15) is 0 Å². The maximum Gasteiger partial charge on any atom is 0.0367 e. The Morgan fingerprint density at radius 1 is 1.14 bits per heavy atom. The van der Waals surface area contributed by atoms with Crippen LogP contribution in [0.15, 0.2) is 17.2 Å². The molecule has 0 aromatic heterocycles. The molecule has 0 saturated carbocycles. The molecule has 22 heavy (non-hydrogen) atoms. The summed E-state index contributed by atoms with van der Waals surface area (Å²) in [5, 5.41) is 3.52. The van der Waals surface area contributed by atoms with Crippen LogP contribution in [0.4, 0.5) is 0 Å². The standard InChI is InChI=1S/C19H25N3/c1-14-12-16-17(19(4,5)10-9-18(16,2)3)13-15(14)8-6-7-11-21-22-20/h12-13H,7,9-11H2,1-5H3. The normalized spacial score (nSPS) is 17.7. The van der Waals surface area contributed by atoms with Crippen LogP contribution < -0.4 is 0 Å². The lowest BCUT2D eigenvalue weighted by molar-refractivity contribution is 0.331. The van der Waals surface area contributed by atoms with E-state index in [1.54, 1.807) is 0 Å². The van der Waals surface area contributed by atoms with E-state index in [1.165, 1.54) is 29.5 Å². The minimum atomic E-state index is 0.208. The Bertz CT molecular complexity index is 681. The highest BCUT2D eigenvalue weighted by Crippen LogP contribution is 2.46. The van der Waals surface area contributed by atoms with Gasteiger partial charge in [-0.05, 0) is 58.9 Å². The van der Waals surface area contributed by atoms with E-state index in [4.69, 9.17) is 5.53 Å². The van der Waals surface area contributed by atoms with Crippen molar-refractivity contribution in [3.63, 3.8) is 0 Å². The Morgan fingerprint density at radius 2 is 1.73 bits per heavy atom. The summed E-state index contributed by atoms with van der Waals surface area (Å²) in [6.45, 7) is 11.9. The zero-order valence-electron chi connectivity index (χ0n) is 14.3. The Hall–Kier alpha value is -1.91. The predicted octanol–water partition coefficient (Wildman–Crippen LogP) is 5.40. The van der Waals surface area contributed by atoms with E-state index < -0.39 is 0 Å². The number of nitrogens with zero attached hydrogens (tertiary/aromatic N) is 3. The fourth-order valence-corrected chi connectivity index (χ4v) is 3.17. The molecular formula is C19H25N3. The van der Waals surface area contributed by atoms with Crippen LogP contribution in [-0.2, 0) is 10.8 Å². The van der Waals surface area contributed by atoms with Crippen LogP contribution in [0.25, 0.3) is 10.4 Å². The molecule has 0 bridgehead atoms. The highest BCUT2D eigenvalue weighted by atomic mass is 15.1. The van der Waals surface area contributed by atoms with Crippen molar-refractivity contribution in [3.05, 3.63) is 44.8 Å². The molecular weight excluding hydrogens is 270 g/mol. The number of fused-ring (bicyclic) bond motifs is 1. The average molecular weight is 295 g/mol. The Kier molecular flexibility index (Phi) is 4.54. The molecule has 0 unspecified atom stereocenters. The SMILES string of the molecule is Cc1cc2c(cc1C#CCCN=[N+]=[N-])C(C)(C)CCC2(C)C. The molecule has 0 N–H and O–H groups in total. The molecule has 1 aliphatic rings. The Balaban J connectivity index is 2.41. The van der Waals surface area contributed by atoms with Crippen LogP contribution in [0.1, 0.15) is 69.2 Å². The molecule has 1 aliphatic carbocycles. The molecule has 116 valence electrons. The van der Waals surface area contributed by atoms with E-state index in [9.17, 15) is 0 Å². The summed E-state index contributed by atoms with van der Waals surface area (Å²) in [5.41, 5.74) is 14.0. The van der Waals surface area contributed by atoms with Crippen molar-refractivity contribution >= 4 is 0 Å². The maximum atomic E-state index is 8.28. The van der Waals surface area contributed by atoms with Gasteiger partial charge in [-0.25, -0.2) is 0 Å². The Labute approximate surface area is 133 Å². The summed E-state index contributed by atoms with van der Waals surface area (Å²) in [6, 6.07) is 4.61. The molecule has 0 fully saturated rings. The molecule has 3 nitrogen and oxygen atoms in total. The van der Waals surface area contributed by atoms with Gasteiger partial charge in [0.05, 0.1) is 0 Å². The molecule has 0 heterocycles. The lowest BCUT2D eigenvalue weighted by Crippen LogP contribution is -2.34. The van der Waals surface area contributed by atoms with Crippen molar-refractivity contribution in [2.45, 2.75) is 64.7 Å². The predicted molar refractivity (Wildman–Crippen MR) is 92.0 cm³/mol. The van der Waals surface area contributed by atoms with E-state index >= 15 is 0 Å². The second kappa shape index (κ2) is 6.07. The number of aryl methyl sites for hydroxylation is 1. The fourth-order valence-electron chi connectivity index (χ4n) is 3.17. The molecule has 0 aliphatic heterocycles. The summed E-state index contributed by atoms with van der Waals surface area (Å²) in [4.78, 5) is 2.75. The Morgan fingerprint density at radius 3 is 2.32 bits per heavy atom. The number of hydrogen-bond acceptors (Lipinski definition) is 1. The number of rotatable bonds is 2. The van der Waals surface area contributed by atoms with Crippen molar-refractivity contribution in [3.8, 4) is 11.8 Å². The summed E-state index contributed by atoms with van der Waals surface area (Å²) in [5.74, 6) is 6.37. The van der Waals surface area contributed by atoms with E-state index in [0.717, 1.165) is 5.56 Å². The highest BCUT2D eigenvalue weighted by molar-refractivity contribution is 5.52. The zero-order valence-corrected chi connectivity index (χ0v) is 14.3. The lowest BCUT2D eigenvalue weighted by atomic mass is 9.62. The summed E-state index contributed by atoms with van der Waals surface area (Å²) in [7, 11) is 0. The number of azide groups is 1. The third-order valence-corrected chi connectivity index (χ3v) is 4.82. The van der Waals surface area contributed by atoms with Crippen LogP contribution in [0.3, 0.4) is 0 Å². The van der Waals surface area contributed by atoms with Gasteiger partial charge in [-0.15, -0.1) is 0 Å². The first-order chi connectivity index (χ1) is 10.3. The van der Waals surface area contributed by atoms with Crippen LogP contribution in [0.2, 0.25) is 0 Å². The second-order valence-electron chi connectivity index (χ2n) is 7.49. The van der Waals surface area contributed by atoms with Gasteiger partial charge in [-0.1, -0.05) is 50.7 Å². The molecule has 3 heteroatoms. The number of hydrogen-bond donors (Lipinski definition) is 0. The van der Waals surface area contributed by atoms with Gasteiger partial charge in [0.25, 0.3) is 0 Å². The second-order valence-corrected chi connectivity index (χ2v) is 7.49. The van der Waals surface area contributed by atoms with Crippen LogP contribution in [-0.4, -0.2) is 6.54 Å². The molecule has 0 spiro atoms. The van der Waals surface area contributed by atoms with Crippen molar-refractivity contribution < 1.29 is 0 Å². The van der Waals surface area contributed by atoms with Crippen molar-refractivity contribution in [2.24, 2.45) is 5.11 Å². The smallest absolute Gasteiger partial charge is 0.0367 e. The van der Waals surface area contributed by atoms with E-state index in [0.29, 0.717) is 13.0 Å². The van der Waals surface area contributed by atoms with Gasteiger partial charge in [0.15, 0.2) is 0 Å². The molecule has 0 saturated heterocycles. The zero-order chi connectivity index (χ0) is 16.4. The quantitative estimate of drug-likeness (QED) is 0.231. The van der Waals surface area contributed by atoms with Crippen LogP contribution in [0.5, 0.6) is 0 Å². The van der Waals surface area contributed by atoms with E-state index in [-0.39, 0.29) is 10.8 Å². The monoisotopic (exact) mass is 295 g/mol. The molecule has 0 radical (unpaired) electrons. The van der Waals surface area contributed by atoms with Crippen LogP contribution in [0, 0.1) is 18.8 Å². The van der Waals surface area contributed by atoms with Gasteiger partial charge in [0.2, 0.25) is 0 Å². The first kappa shape index (κ1) is 16.5. The summed E-state index contributed by atoms with van der Waals surface area (Å²) in [6.07, 6.45) is 3.04. The topological polar surface area (TPSA) is 48.8 Å². The van der Waals surface area contributed by atoms with Crippen LogP contribution >= 0.6 is 0 Å². The summed E-state index contributed by atoms with van der Waals surface area (Å²) < 4.78 is 0. The first-order valence-corrected chi connectivity index (χ1v) is 7.93. The summed E-state index contributed by atoms with van der Waals surface area (Å²) >= 11 is 0. The van der Waals surface area contributed by atoms with Gasteiger partial charge in [0.1, 0.15) is 0 Å². The van der Waals surface area contributed by atoms with Gasteiger partial charge < -0.3 is 0 Å². The molecule has 1 aromatic carbocycles. The third kappa shape index (κ3) is 3.29. The van der Waals surface area contributed by atoms with Gasteiger partial charge in [-0.3, -0.25) is 0 Å². The average Bonchev–Trinajstić information content (AvgIpc) is 2.45. The van der Waals surface area contributed by atoms with Crippen molar-refractivity contribution in [1.29, 1.82) is 0 Å². The highest BCUT2D eigenvalue weighted by Gasteiger charge is 2.37. The third-order valence-electron chi connectivity index (χ3n) is 4.82. The molecule has 0 atom stereocenters.